The van der Waals surface area contributed by atoms with Crippen LogP contribution in [0.25, 0.3) is 0 Å². The van der Waals surface area contributed by atoms with Gasteiger partial charge in [0.15, 0.2) is 0 Å². The lowest BCUT2D eigenvalue weighted by Crippen LogP contribution is -2.35. The van der Waals surface area contributed by atoms with Crippen LogP contribution < -0.4 is 5.73 Å². The second kappa shape index (κ2) is 3.58. The van der Waals surface area contributed by atoms with Crippen molar-refractivity contribution in [3.63, 3.8) is 0 Å². The van der Waals surface area contributed by atoms with Crippen LogP contribution in [0.4, 0.5) is 0 Å². The molecule has 1 aromatic heterocycles. The summed E-state index contributed by atoms with van der Waals surface area (Å²) in [6, 6.07) is 0. The van der Waals surface area contributed by atoms with Crippen molar-refractivity contribution in [2.45, 2.75) is 19.5 Å². The van der Waals surface area contributed by atoms with Crippen LogP contribution in [0, 0.1) is 0 Å². The van der Waals surface area contributed by atoms with Gasteiger partial charge in [0.2, 0.25) is 10.0 Å². The summed E-state index contributed by atoms with van der Waals surface area (Å²) in [6.07, 6.45) is 1.77. The van der Waals surface area contributed by atoms with Crippen LogP contribution in [0.2, 0.25) is 0 Å². The Balaban J connectivity index is 2.32. The minimum atomic E-state index is -3.15. The van der Waals surface area contributed by atoms with Gasteiger partial charge in [0.1, 0.15) is 11.5 Å². The predicted octanol–water partition coefficient (Wildman–Crippen LogP) is -0.549. The highest BCUT2D eigenvalue weighted by Crippen LogP contribution is 2.23. The normalized spacial score (nSPS) is 17.7. The van der Waals surface area contributed by atoms with E-state index < -0.39 is 10.0 Å². The average molecular weight is 231 g/mol. The molecule has 84 valence electrons. The van der Waals surface area contributed by atoms with E-state index >= 15 is 0 Å². The molecule has 0 amide bonds. The van der Waals surface area contributed by atoms with E-state index in [1.165, 1.54) is 10.6 Å². The fraction of sp³-hybridized carbons (Fsp3) is 0.625. The molecule has 0 aromatic carbocycles. The van der Waals surface area contributed by atoms with Gasteiger partial charge in [-0.3, -0.25) is 0 Å². The van der Waals surface area contributed by atoms with Crippen LogP contribution in [0.15, 0.2) is 4.52 Å². The minimum Gasteiger partial charge on any atom is -0.361 e. The molecule has 1 aliphatic rings. The number of hydrogen-bond acceptors (Lipinski definition) is 5. The van der Waals surface area contributed by atoms with Gasteiger partial charge in [-0.25, -0.2) is 8.42 Å². The van der Waals surface area contributed by atoms with Crippen molar-refractivity contribution in [1.82, 2.24) is 9.46 Å². The summed E-state index contributed by atoms with van der Waals surface area (Å²) in [4.78, 5) is 0. The highest BCUT2D eigenvalue weighted by atomic mass is 32.2. The summed E-state index contributed by atoms with van der Waals surface area (Å²) in [5.41, 5.74) is 6.96. The Bertz CT molecular complexity index is 452. The Morgan fingerprint density at radius 2 is 2.33 bits per heavy atom. The van der Waals surface area contributed by atoms with Crippen LogP contribution in [-0.2, 0) is 29.5 Å². The maximum Gasteiger partial charge on any atom is 0.211 e. The lowest BCUT2D eigenvalue weighted by atomic mass is 10.1. The maximum absolute atomic E-state index is 11.4. The summed E-state index contributed by atoms with van der Waals surface area (Å²) < 4.78 is 29.2. The highest BCUT2D eigenvalue weighted by molar-refractivity contribution is 7.88. The molecule has 0 saturated carbocycles. The van der Waals surface area contributed by atoms with E-state index in [-0.39, 0.29) is 6.54 Å². The lowest BCUT2D eigenvalue weighted by Gasteiger charge is -2.23. The van der Waals surface area contributed by atoms with Gasteiger partial charge in [-0.1, -0.05) is 5.16 Å². The maximum atomic E-state index is 11.4. The molecule has 0 radical (unpaired) electrons. The third kappa shape index (κ3) is 1.90. The first-order valence-electron chi connectivity index (χ1n) is 4.64. The number of rotatable bonds is 2. The number of aromatic nitrogens is 1. The molecule has 0 atom stereocenters. The van der Waals surface area contributed by atoms with Crippen LogP contribution in [0.1, 0.15) is 17.0 Å². The van der Waals surface area contributed by atoms with E-state index in [0.29, 0.717) is 25.2 Å². The zero-order chi connectivity index (χ0) is 11.1. The van der Waals surface area contributed by atoms with Gasteiger partial charge in [-0.05, 0) is 0 Å². The van der Waals surface area contributed by atoms with Crippen LogP contribution in [0.5, 0.6) is 0 Å². The van der Waals surface area contributed by atoms with E-state index in [1.54, 1.807) is 0 Å². The number of sulfonamides is 1. The SMILES string of the molecule is CS(=O)(=O)N1CCc2onc(CN)c2C1. The summed E-state index contributed by atoms with van der Waals surface area (Å²) >= 11 is 0. The van der Waals surface area contributed by atoms with Crippen molar-refractivity contribution in [2.24, 2.45) is 5.73 Å². The molecule has 1 aliphatic heterocycles. The molecule has 6 nitrogen and oxygen atoms in total. The Hall–Kier alpha value is -0.920. The van der Waals surface area contributed by atoms with E-state index in [0.717, 1.165) is 11.3 Å². The molecule has 2 heterocycles. The molecule has 0 unspecified atom stereocenters. The van der Waals surface area contributed by atoms with Crippen molar-refractivity contribution in [2.75, 3.05) is 12.8 Å². The fourth-order valence-electron chi connectivity index (χ4n) is 1.68. The van der Waals surface area contributed by atoms with Crippen LogP contribution in [-0.4, -0.2) is 30.7 Å². The molecule has 2 rings (SSSR count). The monoisotopic (exact) mass is 231 g/mol. The molecule has 7 heteroatoms. The Labute approximate surface area is 88.1 Å². The van der Waals surface area contributed by atoms with Gasteiger partial charge >= 0.3 is 0 Å². The number of hydrogen-bond donors (Lipinski definition) is 1. The van der Waals surface area contributed by atoms with Crippen molar-refractivity contribution >= 4 is 10.0 Å². The van der Waals surface area contributed by atoms with E-state index in [1.807, 2.05) is 0 Å². The third-order valence-corrected chi connectivity index (χ3v) is 3.79. The molecule has 15 heavy (non-hydrogen) atoms. The number of nitrogens with zero attached hydrogens (tertiary/aromatic N) is 2. The second-order valence-corrected chi connectivity index (χ2v) is 5.56. The summed E-state index contributed by atoms with van der Waals surface area (Å²) in [5, 5.41) is 3.81. The first kappa shape index (κ1) is 10.6. The molecule has 0 aliphatic carbocycles. The van der Waals surface area contributed by atoms with Gasteiger partial charge in [0.25, 0.3) is 0 Å². The minimum absolute atomic E-state index is 0.274. The zero-order valence-electron chi connectivity index (χ0n) is 8.43. The largest absolute Gasteiger partial charge is 0.361 e. The quantitative estimate of drug-likeness (QED) is 0.737. The lowest BCUT2D eigenvalue weighted by molar-refractivity contribution is 0.331. The topological polar surface area (TPSA) is 89.4 Å². The van der Waals surface area contributed by atoms with Gasteiger partial charge in [0, 0.05) is 31.6 Å². The number of fused-ring (bicyclic) bond motifs is 1. The highest BCUT2D eigenvalue weighted by Gasteiger charge is 2.28. The predicted molar refractivity (Wildman–Crippen MR) is 53.4 cm³/mol. The Morgan fingerprint density at radius 1 is 1.60 bits per heavy atom. The van der Waals surface area contributed by atoms with E-state index in [4.69, 9.17) is 10.3 Å². The van der Waals surface area contributed by atoms with Crippen LogP contribution >= 0.6 is 0 Å². The molecule has 0 fully saturated rings. The summed E-state index contributed by atoms with van der Waals surface area (Å²) in [6.45, 7) is 1.05. The van der Waals surface area contributed by atoms with E-state index in [2.05, 4.69) is 5.16 Å². The molecule has 0 saturated heterocycles. The van der Waals surface area contributed by atoms with Crippen molar-refractivity contribution in [1.29, 1.82) is 0 Å². The molecule has 1 aromatic rings. The summed E-state index contributed by atoms with van der Waals surface area (Å²) in [7, 11) is -3.15. The molecule has 0 bridgehead atoms. The van der Waals surface area contributed by atoms with Gasteiger partial charge in [0.05, 0.1) is 6.26 Å². The first-order valence-corrected chi connectivity index (χ1v) is 6.48. The van der Waals surface area contributed by atoms with Crippen molar-refractivity contribution in [3.05, 3.63) is 17.0 Å². The third-order valence-electron chi connectivity index (χ3n) is 2.54. The Kier molecular flexibility index (Phi) is 2.53. The second-order valence-electron chi connectivity index (χ2n) is 3.58. The smallest absolute Gasteiger partial charge is 0.211 e. The van der Waals surface area contributed by atoms with Gasteiger partial charge < -0.3 is 10.3 Å². The standard InChI is InChI=1S/C8H13N3O3S/c1-15(12,13)11-3-2-8-6(5-11)7(4-9)10-14-8/h2-5,9H2,1H3. The van der Waals surface area contributed by atoms with Crippen molar-refractivity contribution in [3.8, 4) is 0 Å². The van der Waals surface area contributed by atoms with Gasteiger partial charge in [-0.15, -0.1) is 0 Å². The van der Waals surface area contributed by atoms with Gasteiger partial charge in [-0.2, -0.15) is 4.31 Å². The van der Waals surface area contributed by atoms with Crippen molar-refractivity contribution < 1.29 is 12.9 Å². The summed E-state index contributed by atoms with van der Waals surface area (Å²) in [5.74, 6) is 0.760. The average Bonchev–Trinajstić information content (AvgIpc) is 2.57. The molecular weight excluding hydrogens is 218 g/mol. The molecule has 0 spiro atoms. The zero-order valence-corrected chi connectivity index (χ0v) is 9.25. The first-order chi connectivity index (χ1) is 7.02. The number of nitrogens with two attached hydrogens (primary N) is 1. The van der Waals surface area contributed by atoms with E-state index in [9.17, 15) is 8.42 Å². The fourth-order valence-corrected chi connectivity index (χ4v) is 2.47. The van der Waals surface area contributed by atoms with Crippen LogP contribution in [0.3, 0.4) is 0 Å². The Morgan fingerprint density at radius 3 is 2.93 bits per heavy atom. The molecule has 2 N–H and O–H groups in total. The molecular formula is C8H13N3O3S.